The van der Waals surface area contributed by atoms with E-state index in [1.165, 1.54) is 29.6 Å². The normalized spacial score (nSPS) is 12.1. The third-order valence-corrected chi connectivity index (χ3v) is 2.57. The number of halogens is 1. The van der Waals surface area contributed by atoms with Crippen molar-refractivity contribution >= 4 is 17.7 Å². The summed E-state index contributed by atoms with van der Waals surface area (Å²) >= 11 is 6.00. The van der Waals surface area contributed by atoms with E-state index in [9.17, 15) is 9.90 Å². The van der Waals surface area contributed by atoms with Gasteiger partial charge in [0.1, 0.15) is 12.7 Å². The highest BCUT2D eigenvalue weighted by molar-refractivity contribution is 6.32. The second-order valence-electron chi connectivity index (χ2n) is 3.51. The molecule has 2 aromatic rings. The number of amides is 1. The average molecular weight is 284 g/mol. The molecule has 0 spiro atoms. The molecule has 0 aromatic carbocycles. The number of hydrogen-bond donors (Lipinski definition) is 2. The Kier molecular flexibility index (Phi) is 3.93. The molecule has 0 saturated carbocycles. The third-order valence-electron chi connectivity index (χ3n) is 2.28. The van der Waals surface area contributed by atoms with Crippen LogP contribution in [0.1, 0.15) is 11.8 Å². The number of rotatable bonds is 4. The van der Waals surface area contributed by atoms with E-state index in [0.717, 1.165) is 0 Å². The van der Waals surface area contributed by atoms with Crippen LogP contribution in [-0.4, -0.2) is 37.6 Å². The predicted molar refractivity (Wildman–Crippen MR) is 64.7 cm³/mol. The summed E-state index contributed by atoms with van der Waals surface area (Å²) < 4.78 is 6.16. The molecular weight excluding hydrogens is 274 g/mol. The van der Waals surface area contributed by atoms with Crippen LogP contribution in [0.5, 0.6) is 0 Å². The Morgan fingerprint density at radius 1 is 1.63 bits per heavy atom. The van der Waals surface area contributed by atoms with Crippen molar-refractivity contribution < 1.29 is 14.6 Å². The molecule has 19 heavy (non-hydrogen) atoms. The standard InChI is InChI=1S/C10H10ClN5O3/c11-6-2-14-7(9(3-17)19-10(12)18)1-8(6)16-5-13-4-15-16/h1-2,4-5,9,17H,3H2,(H2,12,18). The highest BCUT2D eigenvalue weighted by Crippen LogP contribution is 2.23. The van der Waals surface area contributed by atoms with E-state index >= 15 is 0 Å². The average Bonchev–Trinajstić information content (AvgIpc) is 2.90. The molecule has 0 aliphatic heterocycles. The number of carbonyl (C=O) groups excluding carboxylic acids is 1. The molecule has 0 fully saturated rings. The van der Waals surface area contributed by atoms with Gasteiger partial charge in [0, 0.05) is 6.20 Å². The Balaban J connectivity index is 2.37. The lowest BCUT2D eigenvalue weighted by Crippen LogP contribution is -2.20. The van der Waals surface area contributed by atoms with Gasteiger partial charge in [-0.05, 0) is 6.07 Å². The van der Waals surface area contributed by atoms with Gasteiger partial charge in [0.05, 0.1) is 23.0 Å². The first-order valence-electron chi connectivity index (χ1n) is 5.19. The van der Waals surface area contributed by atoms with Gasteiger partial charge >= 0.3 is 6.09 Å². The Bertz CT molecular complexity index is 575. The number of nitrogens with zero attached hydrogens (tertiary/aromatic N) is 4. The minimum absolute atomic E-state index is 0.302. The van der Waals surface area contributed by atoms with Gasteiger partial charge in [-0.1, -0.05) is 11.6 Å². The van der Waals surface area contributed by atoms with Crippen LogP contribution < -0.4 is 5.73 Å². The molecule has 0 bridgehead atoms. The van der Waals surface area contributed by atoms with E-state index in [2.05, 4.69) is 15.1 Å². The molecule has 0 saturated heterocycles. The molecule has 3 N–H and O–H groups in total. The minimum atomic E-state index is -1.00. The smallest absolute Gasteiger partial charge is 0.405 e. The molecular formula is C10H10ClN5O3. The van der Waals surface area contributed by atoms with Crippen LogP contribution in [0, 0.1) is 0 Å². The van der Waals surface area contributed by atoms with Gasteiger partial charge in [0.25, 0.3) is 0 Å². The van der Waals surface area contributed by atoms with E-state index < -0.39 is 18.8 Å². The Labute approximate surface area is 112 Å². The lowest BCUT2D eigenvalue weighted by Gasteiger charge is -2.14. The molecule has 2 rings (SSSR count). The van der Waals surface area contributed by atoms with Crippen molar-refractivity contribution in [2.45, 2.75) is 6.10 Å². The molecule has 0 aliphatic rings. The van der Waals surface area contributed by atoms with Gasteiger partial charge in [-0.2, -0.15) is 5.10 Å². The van der Waals surface area contributed by atoms with Crippen LogP contribution in [0.15, 0.2) is 24.9 Å². The number of aliphatic hydroxyl groups excluding tert-OH is 1. The Hall–Kier alpha value is -2.19. The lowest BCUT2D eigenvalue weighted by atomic mass is 10.2. The second kappa shape index (κ2) is 5.63. The van der Waals surface area contributed by atoms with Gasteiger partial charge in [0.15, 0.2) is 6.10 Å². The predicted octanol–water partition coefficient (Wildman–Crippen LogP) is 0.444. The summed E-state index contributed by atoms with van der Waals surface area (Å²) in [5.41, 5.74) is 5.71. The maximum atomic E-state index is 10.7. The van der Waals surface area contributed by atoms with Crippen LogP contribution in [-0.2, 0) is 4.74 Å². The van der Waals surface area contributed by atoms with E-state index in [-0.39, 0.29) is 0 Å². The number of ether oxygens (including phenoxy) is 1. The summed E-state index contributed by atoms with van der Waals surface area (Å²) in [5.74, 6) is 0. The van der Waals surface area contributed by atoms with E-state index in [1.807, 2.05) is 0 Å². The Morgan fingerprint density at radius 2 is 2.42 bits per heavy atom. The number of hydrogen-bond acceptors (Lipinski definition) is 6. The molecule has 2 heterocycles. The Morgan fingerprint density at radius 3 is 3.00 bits per heavy atom. The molecule has 0 aliphatic carbocycles. The quantitative estimate of drug-likeness (QED) is 0.841. The monoisotopic (exact) mass is 283 g/mol. The summed E-state index contributed by atoms with van der Waals surface area (Å²) in [7, 11) is 0. The van der Waals surface area contributed by atoms with E-state index in [4.69, 9.17) is 22.1 Å². The van der Waals surface area contributed by atoms with E-state index in [1.54, 1.807) is 0 Å². The molecule has 1 amide bonds. The number of pyridine rings is 1. The van der Waals surface area contributed by atoms with Crippen LogP contribution in [0.2, 0.25) is 5.02 Å². The highest BCUT2D eigenvalue weighted by Gasteiger charge is 2.18. The van der Waals surface area contributed by atoms with E-state index in [0.29, 0.717) is 16.4 Å². The fourth-order valence-corrected chi connectivity index (χ4v) is 1.65. The van der Waals surface area contributed by atoms with Gasteiger partial charge in [-0.15, -0.1) is 0 Å². The molecule has 8 nitrogen and oxygen atoms in total. The zero-order valence-electron chi connectivity index (χ0n) is 9.60. The topological polar surface area (TPSA) is 116 Å². The number of nitrogens with two attached hydrogens (primary N) is 1. The second-order valence-corrected chi connectivity index (χ2v) is 3.92. The highest BCUT2D eigenvalue weighted by atomic mass is 35.5. The molecule has 9 heteroatoms. The first-order valence-corrected chi connectivity index (χ1v) is 5.57. The number of aliphatic hydroxyl groups is 1. The molecule has 1 atom stereocenters. The SMILES string of the molecule is NC(=O)OC(CO)c1cc(-n2cncn2)c(Cl)cn1. The van der Waals surface area contributed by atoms with Crippen molar-refractivity contribution in [2.24, 2.45) is 5.73 Å². The summed E-state index contributed by atoms with van der Waals surface area (Å²) in [6.07, 6.45) is 2.20. The fourth-order valence-electron chi connectivity index (χ4n) is 1.46. The minimum Gasteiger partial charge on any atom is -0.437 e. The summed E-state index contributed by atoms with van der Waals surface area (Å²) in [4.78, 5) is 18.5. The van der Waals surface area contributed by atoms with Gasteiger partial charge in [-0.25, -0.2) is 14.5 Å². The molecule has 1 unspecified atom stereocenters. The van der Waals surface area contributed by atoms with Crippen LogP contribution in [0.25, 0.3) is 5.69 Å². The van der Waals surface area contributed by atoms with Crippen molar-refractivity contribution in [1.29, 1.82) is 0 Å². The zero-order valence-corrected chi connectivity index (χ0v) is 10.4. The molecule has 2 aromatic heterocycles. The van der Waals surface area contributed by atoms with Gasteiger partial charge in [0.2, 0.25) is 0 Å². The molecule has 0 radical (unpaired) electrons. The number of primary amides is 1. The van der Waals surface area contributed by atoms with Gasteiger partial charge in [-0.3, -0.25) is 4.98 Å². The van der Waals surface area contributed by atoms with Gasteiger partial charge < -0.3 is 15.6 Å². The van der Waals surface area contributed by atoms with Crippen LogP contribution in [0.3, 0.4) is 0 Å². The van der Waals surface area contributed by atoms with Crippen LogP contribution in [0.4, 0.5) is 4.79 Å². The largest absolute Gasteiger partial charge is 0.437 e. The maximum Gasteiger partial charge on any atom is 0.405 e. The molecule has 100 valence electrons. The first kappa shape index (κ1) is 13.2. The van der Waals surface area contributed by atoms with Crippen molar-refractivity contribution in [3.63, 3.8) is 0 Å². The van der Waals surface area contributed by atoms with Crippen molar-refractivity contribution in [1.82, 2.24) is 19.7 Å². The van der Waals surface area contributed by atoms with Crippen LogP contribution >= 0.6 is 11.6 Å². The number of carbonyl (C=O) groups is 1. The fraction of sp³-hybridized carbons (Fsp3) is 0.200. The third kappa shape index (κ3) is 2.98. The summed E-state index contributed by atoms with van der Waals surface area (Å²) in [5, 5.41) is 13.4. The summed E-state index contributed by atoms with van der Waals surface area (Å²) in [6, 6.07) is 1.53. The first-order chi connectivity index (χ1) is 9.11. The zero-order chi connectivity index (χ0) is 13.8. The summed E-state index contributed by atoms with van der Waals surface area (Å²) in [6.45, 7) is -0.450. The van der Waals surface area contributed by atoms with Crippen molar-refractivity contribution in [2.75, 3.05) is 6.61 Å². The lowest BCUT2D eigenvalue weighted by molar-refractivity contribution is 0.0608. The van der Waals surface area contributed by atoms with Crippen molar-refractivity contribution in [3.05, 3.63) is 35.6 Å². The maximum absolute atomic E-state index is 10.7. The number of aromatic nitrogens is 4. The van der Waals surface area contributed by atoms with Crippen molar-refractivity contribution in [3.8, 4) is 5.69 Å².